The largest absolute Gasteiger partial charge is 0.476 e. The predicted molar refractivity (Wildman–Crippen MR) is 97.9 cm³/mol. The second-order valence-electron chi connectivity index (χ2n) is 7.81. The molecule has 0 aliphatic carbocycles. The molecule has 0 atom stereocenters. The fraction of sp³-hybridized carbons (Fsp3) is 0.579. The van der Waals surface area contributed by atoms with Crippen molar-refractivity contribution in [3.8, 4) is 5.88 Å². The minimum atomic E-state index is 0.0103. The molecule has 134 valence electrons. The number of anilines is 1. The summed E-state index contributed by atoms with van der Waals surface area (Å²) in [5, 5.41) is 8.47. The zero-order valence-corrected chi connectivity index (χ0v) is 15.6. The van der Waals surface area contributed by atoms with Crippen molar-refractivity contribution in [3.63, 3.8) is 0 Å². The molecule has 1 aliphatic heterocycles. The van der Waals surface area contributed by atoms with Crippen LogP contribution in [0.15, 0.2) is 24.5 Å². The first kappa shape index (κ1) is 17.6. The van der Waals surface area contributed by atoms with Crippen molar-refractivity contribution in [2.45, 2.75) is 46.0 Å². The van der Waals surface area contributed by atoms with Crippen LogP contribution >= 0.6 is 0 Å². The molecular formula is C19H27N5O. The second-order valence-corrected chi connectivity index (χ2v) is 7.81. The Labute approximate surface area is 149 Å². The Bertz CT molecular complexity index is 670. The van der Waals surface area contributed by atoms with Crippen LogP contribution in [-0.2, 0) is 5.41 Å². The van der Waals surface area contributed by atoms with Gasteiger partial charge in [0.05, 0.1) is 12.3 Å². The standard InChI is InChI=1S/C19H27N5O/c1-14-11-20-18(21-12-14)24-9-7-15(8-10-24)13-25-17-6-5-16(22-23-17)19(2,3)4/h5-6,11-12,15H,7-10,13H2,1-4H3. The Morgan fingerprint density at radius 1 is 1.08 bits per heavy atom. The third-order valence-corrected chi connectivity index (χ3v) is 4.54. The van der Waals surface area contributed by atoms with Gasteiger partial charge in [-0.3, -0.25) is 0 Å². The summed E-state index contributed by atoms with van der Waals surface area (Å²) >= 11 is 0. The Balaban J connectivity index is 1.47. The molecule has 3 rings (SSSR count). The molecule has 1 saturated heterocycles. The van der Waals surface area contributed by atoms with Crippen LogP contribution in [0.5, 0.6) is 5.88 Å². The van der Waals surface area contributed by atoms with Gasteiger partial charge in [-0.15, -0.1) is 5.10 Å². The van der Waals surface area contributed by atoms with Crippen LogP contribution in [0.1, 0.15) is 44.9 Å². The van der Waals surface area contributed by atoms with Crippen LogP contribution in [0.25, 0.3) is 0 Å². The van der Waals surface area contributed by atoms with E-state index in [1.54, 1.807) is 0 Å². The van der Waals surface area contributed by atoms with E-state index < -0.39 is 0 Å². The van der Waals surface area contributed by atoms with Gasteiger partial charge in [-0.2, -0.15) is 5.10 Å². The molecule has 1 fully saturated rings. The highest BCUT2D eigenvalue weighted by atomic mass is 16.5. The van der Waals surface area contributed by atoms with E-state index in [0.29, 0.717) is 18.4 Å². The van der Waals surface area contributed by atoms with E-state index in [0.717, 1.165) is 43.1 Å². The van der Waals surface area contributed by atoms with Crippen molar-refractivity contribution >= 4 is 5.95 Å². The third kappa shape index (κ3) is 4.65. The maximum absolute atomic E-state index is 5.85. The number of hydrogen-bond donors (Lipinski definition) is 0. The lowest BCUT2D eigenvalue weighted by Gasteiger charge is -2.31. The molecule has 2 aromatic rings. The van der Waals surface area contributed by atoms with Crippen molar-refractivity contribution < 1.29 is 4.74 Å². The number of hydrogen-bond acceptors (Lipinski definition) is 6. The molecular weight excluding hydrogens is 314 g/mol. The van der Waals surface area contributed by atoms with Crippen LogP contribution in [0.3, 0.4) is 0 Å². The highest BCUT2D eigenvalue weighted by molar-refractivity contribution is 5.30. The van der Waals surface area contributed by atoms with Gasteiger partial charge < -0.3 is 9.64 Å². The summed E-state index contributed by atoms with van der Waals surface area (Å²) in [5.41, 5.74) is 2.08. The number of aromatic nitrogens is 4. The molecule has 1 aliphatic rings. The van der Waals surface area contributed by atoms with Gasteiger partial charge in [0.2, 0.25) is 11.8 Å². The fourth-order valence-corrected chi connectivity index (χ4v) is 2.85. The van der Waals surface area contributed by atoms with Gasteiger partial charge in [0, 0.05) is 37.0 Å². The van der Waals surface area contributed by atoms with Crippen molar-refractivity contribution in [2.24, 2.45) is 5.92 Å². The van der Waals surface area contributed by atoms with Crippen molar-refractivity contribution in [1.82, 2.24) is 20.2 Å². The fourth-order valence-electron chi connectivity index (χ4n) is 2.85. The SMILES string of the molecule is Cc1cnc(N2CCC(COc3ccc(C(C)(C)C)nn3)CC2)nc1. The lowest BCUT2D eigenvalue weighted by Crippen LogP contribution is -2.36. The number of aryl methyl sites for hydroxylation is 1. The number of rotatable bonds is 4. The van der Waals surface area contributed by atoms with Crippen LogP contribution < -0.4 is 9.64 Å². The van der Waals surface area contributed by atoms with Crippen LogP contribution in [-0.4, -0.2) is 39.9 Å². The molecule has 0 spiro atoms. The van der Waals surface area contributed by atoms with E-state index in [1.807, 2.05) is 31.5 Å². The van der Waals surface area contributed by atoms with Gasteiger partial charge >= 0.3 is 0 Å². The van der Waals surface area contributed by atoms with E-state index in [-0.39, 0.29) is 5.41 Å². The Hall–Kier alpha value is -2.24. The third-order valence-electron chi connectivity index (χ3n) is 4.54. The van der Waals surface area contributed by atoms with Crippen LogP contribution in [0, 0.1) is 12.8 Å². The van der Waals surface area contributed by atoms with Crippen LogP contribution in [0.4, 0.5) is 5.95 Å². The molecule has 0 aromatic carbocycles. The molecule has 6 heteroatoms. The van der Waals surface area contributed by atoms with Gasteiger partial charge in [0.1, 0.15) is 0 Å². The Morgan fingerprint density at radius 3 is 2.32 bits per heavy atom. The average molecular weight is 341 g/mol. The summed E-state index contributed by atoms with van der Waals surface area (Å²) in [6, 6.07) is 3.92. The summed E-state index contributed by atoms with van der Waals surface area (Å²) in [6.07, 6.45) is 5.89. The lowest BCUT2D eigenvalue weighted by atomic mass is 9.92. The molecule has 3 heterocycles. The zero-order valence-electron chi connectivity index (χ0n) is 15.6. The average Bonchev–Trinajstić information content (AvgIpc) is 2.61. The molecule has 0 amide bonds. The number of piperidine rings is 1. The number of nitrogens with zero attached hydrogens (tertiary/aromatic N) is 5. The number of ether oxygens (including phenoxy) is 1. The molecule has 0 unspecified atom stereocenters. The highest BCUT2D eigenvalue weighted by Gasteiger charge is 2.22. The monoisotopic (exact) mass is 341 g/mol. The van der Waals surface area contributed by atoms with Gasteiger partial charge in [-0.05, 0) is 37.3 Å². The molecule has 0 radical (unpaired) electrons. The van der Waals surface area contributed by atoms with Gasteiger partial charge in [0.25, 0.3) is 0 Å². The first-order chi connectivity index (χ1) is 11.9. The van der Waals surface area contributed by atoms with Crippen molar-refractivity contribution in [2.75, 3.05) is 24.6 Å². The minimum absolute atomic E-state index is 0.0103. The summed E-state index contributed by atoms with van der Waals surface area (Å²) < 4.78 is 5.85. The first-order valence-electron chi connectivity index (χ1n) is 8.92. The summed E-state index contributed by atoms with van der Waals surface area (Å²) in [7, 11) is 0. The van der Waals surface area contributed by atoms with Gasteiger partial charge in [-0.1, -0.05) is 20.8 Å². The quantitative estimate of drug-likeness (QED) is 0.851. The minimum Gasteiger partial charge on any atom is -0.476 e. The smallest absolute Gasteiger partial charge is 0.233 e. The first-order valence-corrected chi connectivity index (χ1v) is 8.92. The molecule has 0 bridgehead atoms. The van der Waals surface area contributed by atoms with Crippen molar-refractivity contribution in [1.29, 1.82) is 0 Å². The molecule has 25 heavy (non-hydrogen) atoms. The molecule has 0 N–H and O–H groups in total. The Morgan fingerprint density at radius 2 is 1.76 bits per heavy atom. The lowest BCUT2D eigenvalue weighted by molar-refractivity contribution is 0.213. The van der Waals surface area contributed by atoms with E-state index in [4.69, 9.17) is 4.74 Å². The van der Waals surface area contributed by atoms with E-state index in [2.05, 4.69) is 45.8 Å². The summed E-state index contributed by atoms with van der Waals surface area (Å²) in [5.74, 6) is 1.97. The molecule has 0 saturated carbocycles. The maximum atomic E-state index is 5.85. The predicted octanol–water partition coefficient (Wildman–Crippen LogP) is 3.17. The molecule has 6 nitrogen and oxygen atoms in total. The second kappa shape index (κ2) is 7.33. The van der Waals surface area contributed by atoms with Gasteiger partial charge in [-0.25, -0.2) is 9.97 Å². The topological polar surface area (TPSA) is 64.0 Å². The normalized spacial score (nSPS) is 16.1. The summed E-state index contributed by atoms with van der Waals surface area (Å²) in [4.78, 5) is 11.1. The highest BCUT2D eigenvalue weighted by Crippen LogP contribution is 2.23. The van der Waals surface area contributed by atoms with Crippen molar-refractivity contribution in [3.05, 3.63) is 35.8 Å². The molecule has 2 aromatic heterocycles. The zero-order chi connectivity index (χ0) is 17.9. The van der Waals surface area contributed by atoms with E-state index >= 15 is 0 Å². The maximum Gasteiger partial charge on any atom is 0.233 e. The van der Waals surface area contributed by atoms with Crippen LogP contribution in [0.2, 0.25) is 0 Å². The summed E-state index contributed by atoms with van der Waals surface area (Å²) in [6.45, 7) is 11.0. The van der Waals surface area contributed by atoms with E-state index in [1.165, 1.54) is 0 Å². The van der Waals surface area contributed by atoms with Gasteiger partial charge in [0.15, 0.2) is 0 Å². The van der Waals surface area contributed by atoms with E-state index in [9.17, 15) is 0 Å². The Kier molecular flexibility index (Phi) is 5.16.